The van der Waals surface area contributed by atoms with E-state index >= 15 is 0 Å². The molecule has 1 unspecified atom stereocenters. The summed E-state index contributed by atoms with van der Waals surface area (Å²) in [5.41, 5.74) is 4.96. The molecule has 0 amide bonds. The minimum absolute atomic E-state index is 0.102. The maximum absolute atomic E-state index is 12.6. The normalized spacial score (nSPS) is 23.8. The molecule has 1 aliphatic heterocycles. The van der Waals surface area contributed by atoms with Gasteiger partial charge in [0.15, 0.2) is 0 Å². The molecule has 1 fully saturated rings. The molecule has 2 rings (SSSR count). The van der Waals surface area contributed by atoms with Gasteiger partial charge in [0.2, 0.25) is 0 Å². The molecule has 0 bridgehead atoms. The molecule has 0 radical (unpaired) electrons. The average Bonchev–Trinajstić information content (AvgIpc) is 2.46. The zero-order valence-corrected chi connectivity index (χ0v) is 11.1. The summed E-state index contributed by atoms with van der Waals surface area (Å²) in [7, 11) is 0. The van der Waals surface area contributed by atoms with Crippen LogP contribution in [0.2, 0.25) is 0 Å². The summed E-state index contributed by atoms with van der Waals surface area (Å²) in [5, 5.41) is 0. The number of hydrogen-bond acceptors (Lipinski definition) is 3. The molecule has 1 atom stereocenters. The second kappa shape index (κ2) is 6.11. The Hall–Kier alpha value is -1.11. The standard InChI is InChI=1S/C14H18F3NO2/c15-14(16,17)12-4-1-3-11(7-12)8-20-13(9-18)5-2-6-19-10-13/h1,3-4,7H,2,5-6,8-10,18H2. The summed E-state index contributed by atoms with van der Waals surface area (Å²) in [5.74, 6) is 0. The van der Waals surface area contributed by atoms with Crippen LogP contribution in [-0.2, 0) is 22.3 Å². The Balaban J connectivity index is 2.03. The highest BCUT2D eigenvalue weighted by Gasteiger charge is 2.33. The highest BCUT2D eigenvalue weighted by molar-refractivity contribution is 5.25. The van der Waals surface area contributed by atoms with Crippen LogP contribution in [0, 0.1) is 0 Å². The highest BCUT2D eigenvalue weighted by Crippen LogP contribution is 2.30. The van der Waals surface area contributed by atoms with Crippen LogP contribution < -0.4 is 5.73 Å². The van der Waals surface area contributed by atoms with E-state index in [2.05, 4.69) is 0 Å². The number of alkyl halides is 3. The summed E-state index contributed by atoms with van der Waals surface area (Å²) in [4.78, 5) is 0. The van der Waals surface area contributed by atoms with Crippen molar-refractivity contribution in [3.63, 3.8) is 0 Å². The van der Waals surface area contributed by atoms with Gasteiger partial charge < -0.3 is 15.2 Å². The molecular formula is C14H18F3NO2. The Morgan fingerprint density at radius 3 is 2.75 bits per heavy atom. The zero-order valence-electron chi connectivity index (χ0n) is 11.1. The summed E-state index contributed by atoms with van der Waals surface area (Å²) in [6, 6.07) is 5.15. The number of rotatable bonds is 4. The lowest BCUT2D eigenvalue weighted by atomic mass is 9.96. The van der Waals surface area contributed by atoms with E-state index in [0.717, 1.165) is 25.0 Å². The van der Waals surface area contributed by atoms with Gasteiger partial charge in [0, 0.05) is 13.2 Å². The van der Waals surface area contributed by atoms with Crippen molar-refractivity contribution in [2.24, 2.45) is 5.73 Å². The first-order valence-corrected chi connectivity index (χ1v) is 6.53. The van der Waals surface area contributed by atoms with Gasteiger partial charge in [0.25, 0.3) is 0 Å². The van der Waals surface area contributed by atoms with Crippen molar-refractivity contribution in [1.82, 2.24) is 0 Å². The van der Waals surface area contributed by atoms with E-state index in [1.165, 1.54) is 6.07 Å². The number of benzene rings is 1. The monoisotopic (exact) mass is 289 g/mol. The van der Waals surface area contributed by atoms with E-state index in [-0.39, 0.29) is 6.61 Å². The molecule has 1 aromatic rings. The lowest BCUT2D eigenvalue weighted by molar-refractivity contribution is -0.138. The molecule has 2 N–H and O–H groups in total. The summed E-state index contributed by atoms with van der Waals surface area (Å²) in [6.45, 7) is 1.47. The molecule has 6 heteroatoms. The lowest BCUT2D eigenvalue weighted by Crippen LogP contribution is -2.47. The van der Waals surface area contributed by atoms with Gasteiger partial charge in [-0.2, -0.15) is 13.2 Å². The molecule has 1 heterocycles. The smallest absolute Gasteiger partial charge is 0.378 e. The number of nitrogens with two attached hydrogens (primary N) is 1. The molecule has 1 saturated heterocycles. The predicted octanol–water partition coefficient (Wildman–Crippen LogP) is 2.73. The second-order valence-corrected chi connectivity index (χ2v) is 5.03. The number of halogens is 3. The van der Waals surface area contributed by atoms with E-state index < -0.39 is 17.3 Å². The quantitative estimate of drug-likeness (QED) is 0.927. The Bertz CT molecular complexity index is 442. The topological polar surface area (TPSA) is 44.5 Å². The van der Waals surface area contributed by atoms with Crippen molar-refractivity contribution < 1.29 is 22.6 Å². The summed E-state index contributed by atoms with van der Waals surface area (Å²) >= 11 is 0. The third-order valence-electron chi connectivity index (χ3n) is 3.46. The van der Waals surface area contributed by atoms with Gasteiger partial charge >= 0.3 is 6.18 Å². The van der Waals surface area contributed by atoms with Gasteiger partial charge in [-0.05, 0) is 30.5 Å². The van der Waals surface area contributed by atoms with Gasteiger partial charge in [0.05, 0.1) is 18.8 Å². The van der Waals surface area contributed by atoms with Crippen molar-refractivity contribution in [2.45, 2.75) is 31.2 Å². The SMILES string of the molecule is NCC1(OCc2cccc(C(F)(F)F)c2)CCCOC1. The molecule has 0 saturated carbocycles. The fourth-order valence-electron chi connectivity index (χ4n) is 2.23. The van der Waals surface area contributed by atoms with Crippen molar-refractivity contribution in [1.29, 1.82) is 0 Å². The van der Waals surface area contributed by atoms with Crippen LogP contribution in [0.5, 0.6) is 0 Å². The Kier molecular flexibility index (Phi) is 4.67. The molecule has 0 spiro atoms. The average molecular weight is 289 g/mol. The molecule has 20 heavy (non-hydrogen) atoms. The van der Waals surface area contributed by atoms with E-state index in [4.69, 9.17) is 15.2 Å². The molecule has 1 aromatic carbocycles. The minimum atomic E-state index is -4.34. The van der Waals surface area contributed by atoms with E-state index in [1.807, 2.05) is 0 Å². The van der Waals surface area contributed by atoms with Crippen molar-refractivity contribution in [3.8, 4) is 0 Å². The fraction of sp³-hybridized carbons (Fsp3) is 0.571. The van der Waals surface area contributed by atoms with Gasteiger partial charge in [-0.3, -0.25) is 0 Å². The van der Waals surface area contributed by atoms with Crippen molar-refractivity contribution in [3.05, 3.63) is 35.4 Å². The van der Waals surface area contributed by atoms with E-state index in [1.54, 1.807) is 6.07 Å². The number of ether oxygens (including phenoxy) is 2. The van der Waals surface area contributed by atoms with Crippen molar-refractivity contribution >= 4 is 0 Å². The van der Waals surface area contributed by atoms with Crippen LogP contribution in [0.25, 0.3) is 0 Å². The molecule has 112 valence electrons. The summed E-state index contributed by atoms with van der Waals surface area (Å²) < 4.78 is 49.0. The number of hydrogen-bond donors (Lipinski definition) is 1. The molecular weight excluding hydrogens is 271 g/mol. The third kappa shape index (κ3) is 3.71. The molecule has 1 aliphatic rings. The zero-order chi connectivity index (χ0) is 14.6. The second-order valence-electron chi connectivity index (χ2n) is 5.03. The molecule has 0 aromatic heterocycles. The maximum Gasteiger partial charge on any atom is 0.416 e. The van der Waals surface area contributed by atoms with Crippen LogP contribution in [0.1, 0.15) is 24.0 Å². The third-order valence-corrected chi connectivity index (χ3v) is 3.46. The van der Waals surface area contributed by atoms with Crippen LogP contribution in [0.3, 0.4) is 0 Å². The largest absolute Gasteiger partial charge is 0.416 e. The predicted molar refractivity (Wildman–Crippen MR) is 68.1 cm³/mol. The highest BCUT2D eigenvalue weighted by atomic mass is 19.4. The Labute approximate surface area is 115 Å². The maximum atomic E-state index is 12.6. The first kappa shape index (κ1) is 15.3. The van der Waals surface area contributed by atoms with Crippen LogP contribution in [0.15, 0.2) is 24.3 Å². The lowest BCUT2D eigenvalue weighted by Gasteiger charge is -2.35. The van der Waals surface area contributed by atoms with Crippen LogP contribution >= 0.6 is 0 Å². The summed E-state index contributed by atoms with van der Waals surface area (Å²) in [6.07, 6.45) is -2.72. The fourth-order valence-corrected chi connectivity index (χ4v) is 2.23. The van der Waals surface area contributed by atoms with Gasteiger partial charge in [0.1, 0.15) is 5.60 Å². The van der Waals surface area contributed by atoms with E-state index in [9.17, 15) is 13.2 Å². The van der Waals surface area contributed by atoms with Gasteiger partial charge in [-0.15, -0.1) is 0 Å². The first-order chi connectivity index (χ1) is 9.45. The van der Waals surface area contributed by atoms with Crippen LogP contribution in [-0.4, -0.2) is 25.4 Å². The Morgan fingerprint density at radius 2 is 2.15 bits per heavy atom. The van der Waals surface area contributed by atoms with E-state index in [0.29, 0.717) is 25.3 Å². The molecule has 3 nitrogen and oxygen atoms in total. The van der Waals surface area contributed by atoms with Gasteiger partial charge in [-0.1, -0.05) is 12.1 Å². The van der Waals surface area contributed by atoms with Gasteiger partial charge in [-0.25, -0.2) is 0 Å². The Morgan fingerprint density at radius 1 is 1.35 bits per heavy atom. The minimum Gasteiger partial charge on any atom is -0.378 e. The first-order valence-electron chi connectivity index (χ1n) is 6.53. The van der Waals surface area contributed by atoms with Crippen molar-refractivity contribution in [2.75, 3.05) is 19.8 Å². The molecule has 0 aliphatic carbocycles. The van der Waals surface area contributed by atoms with Crippen LogP contribution in [0.4, 0.5) is 13.2 Å².